The number of benzene rings is 1. The topological polar surface area (TPSA) is 37.8 Å². The van der Waals surface area contributed by atoms with Crippen LogP contribution in [0.2, 0.25) is 0 Å². The molecule has 0 bridgehead atoms. The minimum atomic E-state index is -0.200. The van der Waals surface area contributed by atoms with Gasteiger partial charge in [0.25, 0.3) is 0 Å². The Morgan fingerprint density at radius 3 is 2.47 bits per heavy atom. The van der Waals surface area contributed by atoms with Gasteiger partial charge < -0.3 is 5.32 Å². The molecule has 1 atom stereocenters. The first-order chi connectivity index (χ1) is 9.10. The minimum Gasteiger partial charge on any atom is -0.310 e. The van der Waals surface area contributed by atoms with Crippen LogP contribution in [0, 0.1) is 19.7 Å². The Balaban J connectivity index is 2.21. The third-order valence-electron chi connectivity index (χ3n) is 3.19. The lowest BCUT2D eigenvalue weighted by molar-refractivity contribution is 0.554. The largest absolute Gasteiger partial charge is 0.310 e. The summed E-state index contributed by atoms with van der Waals surface area (Å²) >= 11 is 0. The molecule has 1 aromatic heterocycles. The van der Waals surface area contributed by atoms with E-state index in [9.17, 15) is 4.39 Å². The first-order valence-electron chi connectivity index (χ1n) is 6.31. The second-order valence-electron chi connectivity index (χ2n) is 4.73. The first kappa shape index (κ1) is 13.6. The van der Waals surface area contributed by atoms with Crippen molar-refractivity contribution in [3.8, 4) is 0 Å². The molecule has 0 aliphatic heterocycles. The lowest BCUT2D eigenvalue weighted by Crippen LogP contribution is -2.21. The van der Waals surface area contributed by atoms with Gasteiger partial charge in [0, 0.05) is 12.4 Å². The third kappa shape index (κ3) is 3.35. The van der Waals surface area contributed by atoms with Gasteiger partial charge in [-0.2, -0.15) is 0 Å². The molecule has 2 aromatic rings. The molecule has 100 valence electrons. The van der Waals surface area contributed by atoms with Crippen molar-refractivity contribution in [2.24, 2.45) is 0 Å². The number of nitrogens with one attached hydrogen (secondary N) is 1. The highest BCUT2D eigenvalue weighted by molar-refractivity contribution is 5.28. The van der Waals surface area contributed by atoms with Gasteiger partial charge in [0.1, 0.15) is 11.6 Å². The van der Waals surface area contributed by atoms with Gasteiger partial charge >= 0.3 is 0 Å². The molecule has 1 aromatic carbocycles. The molecule has 1 N–H and O–H groups in total. The zero-order valence-corrected chi connectivity index (χ0v) is 11.4. The Kier molecular flexibility index (Phi) is 4.22. The molecule has 0 radical (unpaired) electrons. The number of likely N-dealkylation sites (N-methyl/N-ethyl adjacent to an activating group) is 1. The second-order valence-corrected chi connectivity index (χ2v) is 4.73. The molecule has 0 fully saturated rings. The van der Waals surface area contributed by atoms with Crippen molar-refractivity contribution in [3.63, 3.8) is 0 Å². The molecule has 0 spiro atoms. The Bertz CT molecular complexity index is 552. The molecule has 0 amide bonds. The Morgan fingerprint density at radius 2 is 1.89 bits per heavy atom. The van der Waals surface area contributed by atoms with Gasteiger partial charge in [0.15, 0.2) is 0 Å². The van der Waals surface area contributed by atoms with Crippen molar-refractivity contribution in [2.75, 3.05) is 7.05 Å². The van der Waals surface area contributed by atoms with Gasteiger partial charge in [-0.25, -0.2) is 14.4 Å². The quantitative estimate of drug-likeness (QED) is 0.917. The average molecular weight is 259 g/mol. The molecule has 0 aliphatic carbocycles. The van der Waals surface area contributed by atoms with Crippen LogP contribution in [0.1, 0.15) is 28.6 Å². The van der Waals surface area contributed by atoms with E-state index in [1.165, 1.54) is 6.07 Å². The fourth-order valence-corrected chi connectivity index (χ4v) is 2.01. The monoisotopic (exact) mass is 259 g/mol. The summed E-state index contributed by atoms with van der Waals surface area (Å²) in [5.41, 5.74) is 3.09. The summed E-state index contributed by atoms with van der Waals surface area (Å²) in [6.07, 6.45) is 4.36. The summed E-state index contributed by atoms with van der Waals surface area (Å²) in [5.74, 6) is 0.561. The minimum absolute atomic E-state index is 0.0322. The van der Waals surface area contributed by atoms with E-state index in [-0.39, 0.29) is 11.9 Å². The van der Waals surface area contributed by atoms with Gasteiger partial charge in [0.2, 0.25) is 0 Å². The molecular weight excluding hydrogens is 241 g/mol. The van der Waals surface area contributed by atoms with Gasteiger partial charge in [-0.1, -0.05) is 6.07 Å². The maximum Gasteiger partial charge on any atom is 0.145 e. The fourth-order valence-electron chi connectivity index (χ4n) is 2.01. The molecule has 0 saturated carbocycles. The van der Waals surface area contributed by atoms with Crippen LogP contribution in [0.3, 0.4) is 0 Å². The molecule has 0 aliphatic rings. The zero-order chi connectivity index (χ0) is 13.8. The van der Waals surface area contributed by atoms with E-state index >= 15 is 0 Å². The van der Waals surface area contributed by atoms with Gasteiger partial charge in [-0.15, -0.1) is 0 Å². The number of nitrogens with zero attached hydrogens (tertiary/aromatic N) is 2. The molecule has 19 heavy (non-hydrogen) atoms. The summed E-state index contributed by atoms with van der Waals surface area (Å²) in [7, 11) is 1.88. The summed E-state index contributed by atoms with van der Waals surface area (Å²) in [6.45, 7) is 3.88. The van der Waals surface area contributed by atoms with Gasteiger partial charge in [-0.05, 0) is 56.1 Å². The number of halogens is 1. The predicted octanol–water partition coefficient (Wildman–Crippen LogP) is 2.74. The number of hydrogen-bond donors (Lipinski definition) is 1. The summed E-state index contributed by atoms with van der Waals surface area (Å²) in [4.78, 5) is 8.69. The molecule has 1 heterocycles. The van der Waals surface area contributed by atoms with Crippen LogP contribution in [-0.2, 0) is 6.42 Å². The van der Waals surface area contributed by atoms with Crippen molar-refractivity contribution in [2.45, 2.75) is 26.3 Å². The fraction of sp³-hybridized carbons (Fsp3) is 0.333. The summed E-state index contributed by atoms with van der Waals surface area (Å²) in [6, 6.07) is 4.90. The van der Waals surface area contributed by atoms with Crippen molar-refractivity contribution in [1.29, 1.82) is 0 Å². The van der Waals surface area contributed by atoms with E-state index in [0.29, 0.717) is 0 Å². The molecule has 0 saturated heterocycles. The number of aryl methyl sites for hydroxylation is 2. The lowest BCUT2D eigenvalue weighted by Gasteiger charge is -2.16. The third-order valence-corrected chi connectivity index (χ3v) is 3.19. The molecule has 1 unspecified atom stereocenters. The van der Waals surface area contributed by atoms with Gasteiger partial charge in [0.05, 0.1) is 6.04 Å². The number of hydrogen-bond acceptors (Lipinski definition) is 3. The van der Waals surface area contributed by atoms with E-state index < -0.39 is 0 Å². The van der Waals surface area contributed by atoms with Crippen LogP contribution in [0.5, 0.6) is 0 Å². The summed E-state index contributed by atoms with van der Waals surface area (Å²) in [5, 5.41) is 3.21. The SMILES string of the molecule is CNC(Cc1ccc(F)cc1C)c1ncc(C)cn1. The highest BCUT2D eigenvalue weighted by Crippen LogP contribution is 2.18. The lowest BCUT2D eigenvalue weighted by atomic mass is 10.0. The molecule has 4 heteroatoms. The number of rotatable bonds is 4. The highest BCUT2D eigenvalue weighted by atomic mass is 19.1. The van der Waals surface area contributed by atoms with E-state index in [2.05, 4.69) is 15.3 Å². The molecule has 3 nitrogen and oxygen atoms in total. The van der Waals surface area contributed by atoms with Gasteiger partial charge in [-0.3, -0.25) is 0 Å². The van der Waals surface area contributed by atoms with Crippen molar-refractivity contribution < 1.29 is 4.39 Å². The molecule has 2 rings (SSSR count). The first-order valence-corrected chi connectivity index (χ1v) is 6.31. The Morgan fingerprint density at radius 1 is 1.21 bits per heavy atom. The second kappa shape index (κ2) is 5.89. The predicted molar refractivity (Wildman–Crippen MR) is 73.4 cm³/mol. The van der Waals surface area contributed by atoms with Crippen molar-refractivity contribution in [3.05, 3.63) is 58.9 Å². The van der Waals surface area contributed by atoms with Crippen LogP contribution < -0.4 is 5.32 Å². The van der Waals surface area contributed by atoms with E-state index in [4.69, 9.17) is 0 Å². The Labute approximate surface area is 112 Å². The van der Waals surface area contributed by atoms with Crippen molar-refractivity contribution >= 4 is 0 Å². The number of aromatic nitrogens is 2. The maximum absolute atomic E-state index is 13.1. The normalized spacial score (nSPS) is 12.4. The standard InChI is InChI=1S/C15H18FN3/c1-10-8-18-15(19-9-10)14(17-3)7-12-4-5-13(16)6-11(12)2/h4-6,8-9,14,17H,7H2,1-3H3. The molecular formula is C15H18FN3. The Hall–Kier alpha value is -1.81. The maximum atomic E-state index is 13.1. The van der Waals surface area contributed by atoms with E-state index in [1.54, 1.807) is 6.07 Å². The zero-order valence-electron chi connectivity index (χ0n) is 11.4. The van der Waals surface area contributed by atoms with E-state index in [1.807, 2.05) is 39.4 Å². The average Bonchev–Trinajstić information content (AvgIpc) is 2.39. The highest BCUT2D eigenvalue weighted by Gasteiger charge is 2.14. The van der Waals surface area contributed by atoms with Crippen LogP contribution in [0.4, 0.5) is 4.39 Å². The smallest absolute Gasteiger partial charge is 0.145 e. The van der Waals surface area contributed by atoms with E-state index in [0.717, 1.165) is 28.9 Å². The van der Waals surface area contributed by atoms with Crippen molar-refractivity contribution in [1.82, 2.24) is 15.3 Å². The van der Waals surface area contributed by atoms with Crippen LogP contribution >= 0.6 is 0 Å². The van der Waals surface area contributed by atoms with Crippen LogP contribution in [-0.4, -0.2) is 17.0 Å². The van der Waals surface area contributed by atoms with Crippen LogP contribution in [0.25, 0.3) is 0 Å². The summed E-state index contributed by atoms with van der Waals surface area (Å²) < 4.78 is 13.1. The van der Waals surface area contributed by atoms with Crippen LogP contribution in [0.15, 0.2) is 30.6 Å².